The predicted molar refractivity (Wildman–Crippen MR) is 75.1 cm³/mol. The van der Waals surface area contributed by atoms with Gasteiger partial charge >= 0.3 is 0 Å². The van der Waals surface area contributed by atoms with Crippen LogP contribution in [0.25, 0.3) is 6.08 Å². The fourth-order valence-corrected chi connectivity index (χ4v) is 2.58. The van der Waals surface area contributed by atoms with Gasteiger partial charge in [-0.1, -0.05) is 24.3 Å². The Bertz CT molecular complexity index is 680. The molecule has 1 heterocycles. The Morgan fingerprint density at radius 2 is 2.16 bits per heavy atom. The van der Waals surface area contributed by atoms with Crippen LogP contribution in [-0.4, -0.2) is 15.6 Å². The summed E-state index contributed by atoms with van der Waals surface area (Å²) >= 11 is 0. The molecule has 0 spiro atoms. The maximum Gasteiger partial charge on any atom is 0.189 e. The molecular formula is C16H16N2O. The van der Waals surface area contributed by atoms with Gasteiger partial charge in [0.25, 0.3) is 0 Å². The number of carbonyl (C=O) groups is 1. The highest BCUT2D eigenvalue weighted by Gasteiger charge is 2.24. The zero-order valence-electron chi connectivity index (χ0n) is 11.2. The van der Waals surface area contributed by atoms with Crippen molar-refractivity contribution < 1.29 is 4.79 Å². The van der Waals surface area contributed by atoms with E-state index in [1.807, 2.05) is 48.1 Å². The quantitative estimate of drug-likeness (QED) is 0.770. The number of nitrogens with zero attached hydrogens (tertiary/aromatic N) is 2. The highest BCUT2D eigenvalue weighted by atomic mass is 16.1. The Kier molecular flexibility index (Phi) is 2.82. The van der Waals surface area contributed by atoms with Gasteiger partial charge in [0.15, 0.2) is 5.78 Å². The van der Waals surface area contributed by atoms with Gasteiger partial charge in [0.05, 0.1) is 6.20 Å². The van der Waals surface area contributed by atoms with Gasteiger partial charge in [-0.2, -0.15) is 5.10 Å². The van der Waals surface area contributed by atoms with Crippen LogP contribution in [0.4, 0.5) is 0 Å². The van der Waals surface area contributed by atoms with Crippen LogP contribution in [0, 0.1) is 6.92 Å². The molecule has 1 aromatic heterocycles. The lowest BCUT2D eigenvalue weighted by Crippen LogP contribution is -1.99. The Morgan fingerprint density at radius 1 is 1.37 bits per heavy atom. The zero-order chi connectivity index (χ0) is 13.4. The van der Waals surface area contributed by atoms with Crippen LogP contribution in [0.2, 0.25) is 0 Å². The Labute approximate surface area is 112 Å². The van der Waals surface area contributed by atoms with Crippen molar-refractivity contribution in [2.24, 2.45) is 0 Å². The second-order valence-corrected chi connectivity index (χ2v) is 4.83. The second kappa shape index (κ2) is 4.50. The first-order chi connectivity index (χ1) is 9.20. The number of aromatic nitrogens is 2. The Balaban J connectivity index is 1.99. The summed E-state index contributed by atoms with van der Waals surface area (Å²) in [5.74, 6) is 0.152. The van der Waals surface area contributed by atoms with Crippen molar-refractivity contribution in [1.82, 2.24) is 9.78 Å². The SMILES string of the molecule is CCn1ncc(C=C2Cc3ccccc3C2=O)c1C. The van der Waals surface area contributed by atoms with E-state index in [2.05, 4.69) is 12.0 Å². The number of hydrogen-bond donors (Lipinski definition) is 0. The normalized spacial score (nSPS) is 16.1. The van der Waals surface area contributed by atoms with Crippen LogP contribution in [0.5, 0.6) is 0 Å². The lowest BCUT2D eigenvalue weighted by Gasteiger charge is -1.99. The molecule has 0 unspecified atom stereocenters. The predicted octanol–water partition coefficient (Wildman–Crippen LogP) is 3.03. The summed E-state index contributed by atoms with van der Waals surface area (Å²) in [4.78, 5) is 12.3. The molecule has 0 saturated heterocycles. The molecule has 2 aromatic rings. The van der Waals surface area contributed by atoms with E-state index < -0.39 is 0 Å². The number of Topliss-reactive ketones (excluding diaryl/α,β-unsaturated/α-hetero) is 1. The van der Waals surface area contributed by atoms with Gasteiger partial charge in [0.2, 0.25) is 0 Å². The summed E-state index contributed by atoms with van der Waals surface area (Å²) in [7, 11) is 0. The average molecular weight is 252 g/mol. The molecule has 3 rings (SSSR count). The molecule has 19 heavy (non-hydrogen) atoms. The van der Waals surface area contributed by atoms with Crippen molar-refractivity contribution in [3.63, 3.8) is 0 Å². The molecule has 0 bridgehead atoms. The van der Waals surface area contributed by atoms with Gasteiger partial charge in [-0.25, -0.2) is 0 Å². The van der Waals surface area contributed by atoms with Gasteiger partial charge in [0, 0.05) is 35.4 Å². The molecule has 1 aliphatic rings. The maximum absolute atomic E-state index is 12.3. The summed E-state index contributed by atoms with van der Waals surface area (Å²) in [6.45, 7) is 4.95. The highest BCUT2D eigenvalue weighted by molar-refractivity contribution is 6.15. The van der Waals surface area contributed by atoms with E-state index in [-0.39, 0.29) is 5.78 Å². The third-order valence-corrected chi connectivity index (χ3v) is 3.70. The molecule has 0 aliphatic heterocycles. The van der Waals surface area contributed by atoms with Crippen LogP contribution in [0.1, 0.15) is 34.1 Å². The van der Waals surface area contributed by atoms with Crippen molar-refractivity contribution >= 4 is 11.9 Å². The Hall–Kier alpha value is -2.16. The lowest BCUT2D eigenvalue weighted by atomic mass is 10.1. The number of allylic oxidation sites excluding steroid dienone is 1. The second-order valence-electron chi connectivity index (χ2n) is 4.83. The van der Waals surface area contributed by atoms with Crippen molar-refractivity contribution in [3.05, 3.63) is 58.4 Å². The summed E-state index contributed by atoms with van der Waals surface area (Å²) in [5.41, 5.74) is 4.98. The molecule has 1 aromatic carbocycles. The number of ketones is 1. The molecule has 0 amide bonds. The van der Waals surface area contributed by atoms with Crippen molar-refractivity contribution in [2.75, 3.05) is 0 Å². The topological polar surface area (TPSA) is 34.9 Å². The number of benzene rings is 1. The van der Waals surface area contributed by atoms with Crippen molar-refractivity contribution in [3.8, 4) is 0 Å². The minimum absolute atomic E-state index is 0.152. The van der Waals surface area contributed by atoms with Crippen LogP contribution in [0.15, 0.2) is 36.0 Å². The van der Waals surface area contributed by atoms with Crippen LogP contribution in [0.3, 0.4) is 0 Å². The maximum atomic E-state index is 12.3. The van der Waals surface area contributed by atoms with E-state index in [1.165, 1.54) is 0 Å². The van der Waals surface area contributed by atoms with Gasteiger partial charge in [-0.05, 0) is 25.5 Å². The summed E-state index contributed by atoms with van der Waals surface area (Å²) in [5, 5.41) is 4.31. The lowest BCUT2D eigenvalue weighted by molar-refractivity contribution is 0.104. The fraction of sp³-hybridized carbons (Fsp3) is 0.250. The first kappa shape index (κ1) is 11.9. The van der Waals surface area contributed by atoms with E-state index in [0.717, 1.165) is 40.9 Å². The molecule has 0 atom stereocenters. The molecule has 3 heteroatoms. The van der Waals surface area contributed by atoms with Gasteiger partial charge in [-0.3, -0.25) is 9.48 Å². The average Bonchev–Trinajstić information content (AvgIpc) is 2.93. The molecule has 0 radical (unpaired) electrons. The number of carbonyl (C=O) groups excluding carboxylic acids is 1. The van der Waals surface area contributed by atoms with E-state index in [9.17, 15) is 4.79 Å². The number of aryl methyl sites for hydroxylation is 1. The number of hydrogen-bond acceptors (Lipinski definition) is 2. The molecule has 1 aliphatic carbocycles. The molecule has 3 nitrogen and oxygen atoms in total. The molecule has 0 fully saturated rings. The standard InChI is InChI=1S/C16H16N2O/c1-3-18-11(2)14(10-17-18)9-13-8-12-6-4-5-7-15(12)16(13)19/h4-7,9-10H,3,8H2,1-2H3. The smallest absolute Gasteiger partial charge is 0.189 e. The van der Waals surface area contributed by atoms with E-state index >= 15 is 0 Å². The molecule has 0 saturated carbocycles. The van der Waals surface area contributed by atoms with Crippen LogP contribution < -0.4 is 0 Å². The van der Waals surface area contributed by atoms with E-state index in [1.54, 1.807) is 0 Å². The minimum Gasteiger partial charge on any atom is -0.289 e. The van der Waals surface area contributed by atoms with Crippen LogP contribution >= 0.6 is 0 Å². The number of rotatable bonds is 2. The minimum atomic E-state index is 0.152. The third-order valence-electron chi connectivity index (χ3n) is 3.70. The van der Waals surface area contributed by atoms with Crippen molar-refractivity contribution in [1.29, 1.82) is 0 Å². The third kappa shape index (κ3) is 1.91. The monoisotopic (exact) mass is 252 g/mol. The molecular weight excluding hydrogens is 236 g/mol. The van der Waals surface area contributed by atoms with Gasteiger partial charge < -0.3 is 0 Å². The van der Waals surface area contributed by atoms with Crippen LogP contribution in [-0.2, 0) is 13.0 Å². The number of fused-ring (bicyclic) bond motifs is 1. The van der Waals surface area contributed by atoms with Crippen molar-refractivity contribution in [2.45, 2.75) is 26.8 Å². The first-order valence-electron chi connectivity index (χ1n) is 6.56. The highest BCUT2D eigenvalue weighted by Crippen LogP contribution is 2.27. The first-order valence-corrected chi connectivity index (χ1v) is 6.56. The largest absolute Gasteiger partial charge is 0.289 e. The van der Waals surface area contributed by atoms with E-state index in [4.69, 9.17) is 0 Å². The summed E-state index contributed by atoms with van der Waals surface area (Å²) in [6.07, 6.45) is 4.55. The molecule has 96 valence electrons. The summed E-state index contributed by atoms with van der Waals surface area (Å²) < 4.78 is 1.94. The van der Waals surface area contributed by atoms with Gasteiger partial charge in [0.1, 0.15) is 0 Å². The fourth-order valence-electron chi connectivity index (χ4n) is 2.58. The molecule has 0 N–H and O–H groups in total. The van der Waals surface area contributed by atoms with Gasteiger partial charge in [-0.15, -0.1) is 0 Å². The summed E-state index contributed by atoms with van der Waals surface area (Å²) in [6, 6.07) is 7.83. The Morgan fingerprint density at radius 3 is 2.84 bits per heavy atom. The van der Waals surface area contributed by atoms with E-state index in [0.29, 0.717) is 0 Å². The zero-order valence-corrected chi connectivity index (χ0v) is 11.2.